The molecule has 1 aromatic carbocycles. The topological polar surface area (TPSA) is 76.2 Å². The van der Waals surface area contributed by atoms with Crippen LogP contribution in [-0.4, -0.2) is 24.2 Å². The van der Waals surface area contributed by atoms with Crippen molar-refractivity contribution in [2.75, 3.05) is 7.11 Å². The summed E-state index contributed by atoms with van der Waals surface area (Å²) in [5, 5.41) is 7.41. The van der Waals surface area contributed by atoms with Gasteiger partial charge in [0, 0.05) is 4.90 Å². The molecule has 0 saturated heterocycles. The molecule has 1 atom stereocenters. The van der Waals surface area contributed by atoms with E-state index in [1.54, 1.807) is 17.8 Å². The van der Waals surface area contributed by atoms with Crippen molar-refractivity contribution in [1.82, 2.24) is 0 Å². The van der Waals surface area contributed by atoms with Crippen molar-refractivity contribution in [2.45, 2.75) is 16.6 Å². The first-order valence-corrected chi connectivity index (χ1v) is 5.71. The fourth-order valence-electron chi connectivity index (χ4n) is 1.67. The molecule has 2 rings (SSSR count). The van der Waals surface area contributed by atoms with Gasteiger partial charge in [0.15, 0.2) is 0 Å². The molecule has 1 unspecified atom stereocenters. The number of ether oxygens (including phenoxy) is 1. The molecule has 1 aromatic rings. The molecule has 0 aromatic heterocycles. The molecule has 0 aliphatic carbocycles. The van der Waals surface area contributed by atoms with Gasteiger partial charge in [-0.05, 0) is 30.2 Å². The molecule has 4 nitrogen and oxygen atoms in total. The van der Waals surface area contributed by atoms with Crippen LogP contribution in [0.2, 0.25) is 0 Å². The van der Waals surface area contributed by atoms with E-state index in [1.165, 1.54) is 7.11 Å². The third-order valence-electron chi connectivity index (χ3n) is 2.50. The van der Waals surface area contributed by atoms with Gasteiger partial charge < -0.3 is 10.5 Å². The molecule has 16 heavy (non-hydrogen) atoms. The Morgan fingerprint density at radius 3 is 3.00 bits per heavy atom. The molecule has 0 radical (unpaired) electrons. The van der Waals surface area contributed by atoms with Crippen LogP contribution < -0.4 is 5.73 Å². The molecular formula is C11H12N2O2S. The highest BCUT2D eigenvalue weighted by Crippen LogP contribution is 2.37. The van der Waals surface area contributed by atoms with Crippen molar-refractivity contribution in [3.8, 4) is 0 Å². The van der Waals surface area contributed by atoms with E-state index in [-0.39, 0.29) is 17.1 Å². The molecule has 1 aliphatic heterocycles. The first-order valence-electron chi connectivity index (χ1n) is 4.83. The summed E-state index contributed by atoms with van der Waals surface area (Å²) in [5.41, 5.74) is 7.08. The maximum Gasteiger partial charge on any atom is 0.337 e. The van der Waals surface area contributed by atoms with E-state index < -0.39 is 0 Å². The Balaban J connectivity index is 2.27. The standard InChI is InChI=1S/C11H12N2O2S/c1-15-11(14)6-2-3-8-7(4-6)5-9(16-8)10(12)13/h2-4,9H,5H2,1H3,(H3,12,13). The number of nitrogens with one attached hydrogen (secondary N) is 1. The van der Waals surface area contributed by atoms with Gasteiger partial charge in [-0.2, -0.15) is 0 Å². The Hall–Kier alpha value is -1.49. The van der Waals surface area contributed by atoms with Crippen LogP contribution in [0, 0.1) is 5.41 Å². The summed E-state index contributed by atoms with van der Waals surface area (Å²) in [6.45, 7) is 0. The minimum Gasteiger partial charge on any atom is -0.465 e. The Morgan fingerprint density at radius 1 is 1.62 bits per heavy atom. The molecule has 1 aliphatic rings. The van der Waals surface area contributed by atoms with E-state index >= 15 is 0 Å². The second-order valence-corrected chi connectivity index (χ2v) is 4.82. The van der Waals surface area contributed by atoms with Crippen LogP contribution in [-0.2, 0) is 11.2 Å². The predicted molar refractivity (Wildman–Crippen MR) is 63.0 cm³/mol. The summed E-state index contributed by atoms with van der Waals surface area (Å²) in [4.78, 5) is 12.4. The zero-order chi connectivity index (χ0) is 11.7. The Kier molecular flexibility index (Phi) is 2.87. The van der Waals surface area contributed by atoms with Gasteiger partial charge in [-0.3, -0.25) is 5.41 Å². The Morgan fingerprint density at radius 2 is 2.38 bits per heavy atom. The highest BCUT2D eigenvalue weighted by molar-refractivity contribution is 8.01. The molecular weight excluding hydrogens is 224 g/mol. The molecule has 0 amide bonds. The van der Waals surface area contributed by atoms with Crippen LogP contribution in [0.15, 0.2) is 23.1 Å². The number of carbonyl (C=O) groups excluding carboxylic acids is 1. The van der Waals surface area contributed by atoms with Crippen molar-refractivity contribution >= 4 is 23.6 Å². The number of methoxy groups -OCH3 is 1. The number of hydrogen-bond donors (Lipinski definition) is 2. The molecule has 0 spiro atoms. The van der Waals surface area contributed by atoms with Gasteiger partial charge in [-0.15, -0.1) is 11.8 Å². The van der Waals surface area contributed by atoms with E-state index in [4.69, 9.17) is 11.1 Å². The lowest BCUT2D eigenvalue weighted by Gasteiger charge is -2.03. The van der Waals surface area contributed by atoms with Crippen LogP contribution in [0.1, 0.15) is 15.9 Å². The Labute approximate surface area is 97.7 Å². The lowest BCUT2D eigenvalue weighted by Crippen LogP contribution is -2.24. The number of benzene rings is 1. The van der Waals surface area contributed by atoms with Gasteiger partial charge in [-0.25, -0.2) is 4.79 Å². The average molecular weight is 236 g/mol. The van der Waals surface area contributed by atoms with E-state index in [9.17, 15) is 4.79 Å². The maximum absolute atomic E-state index is 11.3. The molecule has 1 heterocycles. The number of thioether (sulfide) groups is 1. The van der Waals surface area contributed by atoms with Crippen molar-refractivity contribution in [3.05, 3.63) is 29.3 Å². The van der Waals surface area contributed by atoms with Crippen molar-refractivity contribution in [2.24, 2.45) is 5.73 Å². The predicted octanol–water partition coefficient (Wildman–Crippen LogP) is 1.43. The quantitative estimate of drug-likeness (QED) is 0.462. The number of esters is 1. The maximum atomic E-state index is 11.3. The lowest BCUT2D eigenvalue weighted by molar-refractivity contribution is 0.0600. The van der Waals surface area contributed by atoms with Gasteiger partial charge in [0.2, 0.25) is 0 Å². The number of fused-ring (bicyclic) bond motifs is 1. The van der Waals surface area contributed by atoms with Gasteiger partial charge in [0.25, 0.3) is 0 Å². The normalized spacial score (nSPS) is 17.9. The van der Waals surface area contributed by atoms with Crippen LogP contribution in [0.3, 0.4) is 0 Å². The summed E-state index contributed by atoms with van der Waals surface area (Å²) in [6.07, 6.45) is 0.708. The fraction of sp³-hybridized carbons (Fsp3) is 0.273. The van der Waals surface area contributed by atoms with Gasteiger partial charge in [0.05, 0.1) is 17.9 Å². The van der Waals surface area contributed by atoms with Crippen molar-refractivity contribution in [1.29, 1.82) is 5.41 Å². The van der Waals surface area contributed by atoms with Crippen molar-refractivity contribution in [3.63, 3.8) is 0 Å². The molecule has 0 saturated carbocycles. The molecule has 3 N–H and O–H groups in total. The van der Waals surface area contributed by atoms with Gasteiger partial charge in [-0.1, -0.05) is 0 Å². The number of amidine groups is 1. The van der Waals surface area contributed by atoms with E-state index in [0.717, 1.165) is 10.5 Å². The SMILES string of the molecule is COC(=O)c1ccc2c(c1)CC(C(=N)N)S2. The molecule has 5 heteroatoms. The first-order chi connectivity index (χ1) is 7.61. The summed E-state index contributed by atoms with van der Waals surface area (Å²) in [7, 11) is 1.36. The van der Waals surface area contributed by atoms with E-state index in [2.05, 4.69) is 4.74 Å². The van der Waals surface area contributed by atoms with Gasteiger partial charge in [0.1, 0.15) is 5.84 Å². The van der Waals surface area contributed by atoms with Crippen molar-refractivity contribution < 1.29 is 9.53 Å². The monoisotopic (exact) mass is 236 g/mol. The number of hydrogen-bond acceptors (Lipinski definition) is 4. The highest BCUT2D eigenvalue weighted by Gasteiger charge is 2.25. The summed E-state index contributed by atoms with van der Waals surface area (Å²) in [6, 6.07) is 5.44. The smallest absolute Gasteiger partial charge is 0.337 e. The van der Waals surface area contributed by atoms with Crippen LogP contribution in [0.25, 0.3) is 0 Å². The molecule has 0 fully saturated rings. The van der Waals surface area contributed by atoms with Crippen LogP contribution in [0.5, 0.6) is 0 Å². The fourth-order valence-corrected chi connectivity index (χ4v) is 2.80. The minimum atomic E-state index is -0.334. The van der Waals surface area contributed by atoms with E-state index in [1.807, 2.05) is 12.1 Å². The Bertz CT molecular complexity index is 459. The second-order valence-electron chi connectivity index (χ2n) is 3.58. The average Bonchev–Trinajstić information content (AvgIpc) is 2.70. The summed E-state index contributed by atoms with van der Waals surface area (Å²) < 4.78 is 4.66. The summed E-state index contributed by atoms with van der Waals surface area (Å²) >= 11 is 1.57. The number of carbonyl (C=O) groups is 1. The van der Waals surface area contributed by atoms with Crippen LogP contribution >= 0.6 is 11.8 Å². The first kappa shape index (κ1) is 11.0. The van der Waals surface area contributed by atoms with Crippen LogP contribution in [0.4, 0.5) is 0 Å². The minimum absolute atomic E-state index is 0.00268. The third kappa shape index (κ3) is 1.90. The second kappa shape index (κ2) is 4.17. The number of nitrogens with two attached hydrogens (primary N) is 1. The molecule has 0 bridgehead atoms. The summed E-state index contributed by atoms with van der Waals surface area (Å²) in [5.74, 6) is -0.153. The third-order valence-corrected chi connectivity index (χ3v) is 3.86. The zero-order valence-corrected chi connectivity index (χ0v) is 9.64. The zero-order valence-electron chi connectivity index (χ0n) is 8.82. The van der Waals surface area contributed by atoms with E-state index in [0.29, 0.717) is 12.0 Å². The number of rotatable bonds is 2. The lowest BCUT2D eigenvalue weighted by atomic mass is 10.1. The van der Waals surface area contributed by atoms with Gasteiger partial charge >= 0.3 is 5.97 Å². The molecule has 84 valence electrons. The largest absolute Gasteiger partial charge is 0.465 e. The highest BCUT2D eigenvalue weighted by atomic mass is 32.2.